The van der Waals surface area contributed by atoms with Crippen molar-refractivity contribution in [3.8, 4) is 0 Å². The van der Waals surface area contributed by atoms with Crippen LogP contribution in [-0.4, -0.2) is 43.3 Å². The maximum atomic E-state index is 12.2. The molecule has 1 aliphatic rings. The molecule has 0 bridgehead atoms. The van der Waals surface area contributed by atoms with Gasteiger partial charge in [0.05, 0.1) is 17.1 Å². The molecule has 0 spiro atoms. The number of halogens is 1. The Kier molecular flexibility index (Phi) is 4.92. The highest BCUT2D eigenvalue weighted by Gasteiger charge is 2.35. The average molecular weight is 359 g/mol. The van der Waals surface area contributed by atoms with Crippen molar-refractivity contribution in [2.45, 2.75) is 12.0 Å². The molecule has 0 aromatic heterocycles. The van der Waals surface area contributed by atoms with E-state index in [1.54, 1.807) is 7.11 Å². The zero-order valence-corrected chi connectivity index (χ0v) is 13.0. The third-order valence-electron chi connectivity index (χ3n) is 3.49. The number of carbonyl (C=O) groups excluding carboxylic acids is 1. The van der Waals surface area contributed by atoms with E-state index in [0.717, 1.165) is 0 Å². The lowest BCUT2D eigenvalue weighted by Crippen LogP contribution is -2.45. The summed E-state index contributed by atoms with van der Waals surface area (Å²) in [5.41, 5.74) is -0.453. The molecular weight excluding hydrogens is 344 g/mol. The van der Waals surface area contributed by atoms with Crippen molar-refractivity contribution in [1.29, 1.82) is 0 Å². The second-order valence-electron chi connectivity index (χ2n) is 4.77. The monoisotopic (exact) mass is 358 g/mol. The molecule has 8 heteroatoms. The number of benzene rings is 1. The normalized spacial score (nSPS) is 21.2. The number of methoxy groups -OCH3 is 1. The second-order valence-corrected chi connectivity index (χ2v) is 5.56. The Hall–Kier alpha value is -1.51. The first-order chi connectivity index (χ1) is 9.99. The third-order valence-corrected chi connectivity index (χ3v) is 4.32. The van der Waals surface area contributed by atoms with Crippen molar-refractivity contribution < 1.29 is 19.2 Å². The number of hydrogen-bond donors (Lipinski definition) is 1. The van der Waals surface area contributed by atoms with Gasteiger partial charge in [-0.1, -0.05) is 6.07 Å². The lowest BCUT2D eigenvalue weighted by Gasteiger charge is -2.25. The van der Waals surface area contributed by atoms with Gasteiger partial charge in [0, 0.05) is 32.7 Å². The van der Waals surface area contributed by atoms with Crippen LogP contribution < -0.4 is 5.32 Å². The molecule has 2 rings (SSSR count). The van der Waals surface area contributed by atoms with E-state index in [2.05, 4.69) is 21.2 Å². The van der Waals surface area contributed by atoms with Crippen molar-refractivity contribution >= 4 is 27.5 Å². The summed E-state index contributed by atoms with van der Waals surface area (Å²) < 4.78 is 10.9. The molecule has 1 unspecified atom stereocenters. The molecule has 1 heterocycles. The van der Waals surface area contributed by atoms with Crippen LogP contribution in [0.1, 0.15) is 16.8 Å². The Morgan fingerprint density at radius 3 is 2.95 bits per heavy atom. The summed E-state index contributed by atoms with van der Waals surface area (Å²) in [6.45, 7) is 1.29. The molecule has 1 saturated heterocycles. The van der Waals surface area contributed by atoms with Crippen LogP contribution >= 0.6 is 15.9 Å². The highest BCUT2D eigenvalue weighted by Crippen LogP contribution is 2.28. The first kappa shape index (κ1) is 15.9. The van der Waals surface area contributed by atoms with Crippen LogP contribution in [0.15, 0.2) is 22.7 Å². The summed E-state index contributed by atoms with van der Waals surface area (Å²) >= 11 is 3.11. The fourth-order valence-electron chi connectivity index (χ4n) is 2.13. The lowest BCUT2D eigenvalue weighted by molar-refractivity contribution is -0.385. The molecule has 1 aromatic carbocycles. The van der Waals surface area contributed by atoms with Gasteiger partial charge < -0.3 is 14.8 Å². The number of rotatable bonds is 5. The molecule has 1 atom stereocenters. The maximum Gasteiger partial charge on any atom is 0.284 e. The second kappa shape index (κ2) is 6.50. The Labute approximate surface area is 129 Å². The number of hydrogen-bond acceptors (Lipinski definition) is 5. The largest absolute Gasteiger partial charge is 0.378 e. The van der Waals surface area contributed by atoms with Gasteiger partial charge in [0.1, 0.15) is 10.1 Å². The lowest BCUT2D eigenvalue weighted by atomic mass is 10.0. The van der Waals surface area contributed by atoms with E-state index in [1.165, 1.54) is 18.2 Å². The van der Waals surface area contributed by atoms with Gasteiger partial charge in [0.25, 0.3) is 11.6 Å². The number of nitrogens with one attached hydrogen (secondary N) is 1. The van der Waals surface area contributed by atoms with Crippen LogP contribution in [0.4, 0.5) is 5.69 Å². The Morgan fingerprint density at radius 1 is 1.62 bits per heavy atom. The molecule has 114 valence electrons. The minimum absolute atomic E-state index is 0.145. The minimum Gasteiger partial charge on any atom is -0.378 e. The van der Waals surface area contributed by atoms with Crippen molar-refractivity contribution in [3.63, 3.8) is 0 Å². The molecule has 0 saturated carbocycles. The van der Waals surface area contributed by atoms with E-state index in [4.69, 9.17) is 9.47 Å². The van der Waals surface area contributed by atoms with Crippen LogP contribution in [0.5, 0.6) is 0 Å². The highest BCUT2D eigenvalue weighted by atomic mass is 79.9. The van der Waals surface area contributed by atoms with E-state index in [9.17, 15) is 14.9 Å². The molecule has 1 fully saturated rings. The van der Waals surface area contributed by atoms with Crippen molar-refractivity contribution in [1.82, 2.24) is 5.32 Å². The van der Waals surface area contributed by atoms with Crippen LogP contribution in [-0.2, 0) is 9.47 Å². The first-order valence-electron chi connectivity index (χ1n) is 6.33. The van der Waals surface area contributed by atoms with Crippen molar-refractivity contribution in [2.24, 2.45) is 0 Å². The molecule has 1 N–H and O–H groups in total. The van der Waals surface area contributed by atoms with Gasteiger partial charge >= 0.3 is 0 Å². The van der Waals surface area contributed by atoms with Gasteiger partial charge in [0.2, 0.25) is 0 Å². The van der Waals surface area contributed by atoms with Gasteiger partial charge in [-0.3, -0.25) is 14.9 Å². The summed E-state index contributed by atoms with van der Waals surface area (Å²) in [5, 5.41) is 13.6. The van der Waals surface area contributed by atoms with Crippen LogP contribution in [0, 0.1) is 10.1 Å². The van der Waals surface area contributed by atoms with Gasteiger partial charge in [-0.15, -0.1) is 0 Å². The molecule has 1 aliphatic heterocycles. The third kappa shape index (κ3) is 3.39. The van der Waals surface area contributed by atoms with Crippen LogP contribution in [0.25, 0.3) is 0 Å². The Balaban J connectivity index is 2.10. The molecule has 7 nitrogen and oxygen atoms in total. The number of nitro benzene ring substituents is 1. The smallest absolute Gasteiger partial charge is 0.284 e. The first-order valence-corrected chi connectivity index (χ1v) is 7.12. The molecule has 0 radical (unpaired) electrons. The van der Waals surface area contributed by atoms with Crippen molar-refractivity contribution in [2.75, 3.05) is 26.9 Å². The summed E-state index contributed by atoms with van der Waals surface area (Å²) in [6, 6.07) is 4.34. The van der Waals surface area contributed by atoms with E-state index in [-0.39, 0.29) is 22.3 Å². The zero-order chi connectivity index (χ0) is 15.5. The van der Waals surface area contributed by atoms with E-state index >= 15 is 0 Å². The van der Waals surface area contributed by atoms with Crippen LogP contribution in [0.3, 0.4) is 0 Å². The van der Waals surface area contributed by atoms with E-state index < -0.39 is 16.4 Å². The maximum absolute atomic E-state index is 12.2. The average Bonchev–Trinajstić information content (AvgIpc) is 2.94. The topological polar surface area (TPSA) is 90.7 Å². The highest BCUT2D eigenvalue weighted by molar-refractivity contribution is 9.10. The Morgan fingerprint density at radius 2 is 2.38 bits per heavy atom. The summed E-state index contributed by atoms with van der Waals surface area (Å²) in [6.07, 6.45) is 0.694. The number of amides is 1. The molecule has 1 aromatic rings. The number of nitro groups is 1. The summed E-state index contributed by atoms with van der Waals surface area (Å²) in [7, 11) is 1.57. The van der Waals surface area contributed by atoms with E-state index in [1.807, 2.05) is 0 Å². The zero-order valence-electron chi connectivity index (χ0n) is 11.4. The number of carbonyl (C=O) groups is 1. The fourth-order valence-corrected chi connectivity index (χ4v) is 2.72. The number of nitrogens with zero attached hydrogens (tertiary/aromatic N) is 1. The SMILES string of the molecule is COC1(CNC(=O)c2cccc([N+](=O)[O-])c2Br)CCOC1. The standard InChI is InChI=1S/C13H15BrN2O5/c1-20-13(5-6-21-8-13)7-15-12(17)9-3-2-4-10(11(9)14)16(18)19/h2-4H,5-8H2,1H3,(H,15,17). The van der Waals surface area contributed by atoms with Gasteiger partial charge in [-0.05, 0) is 22.0 Å². The van der Waals surface area contributed by atoms with Gasteiger partial charge in [-0.2, -0.15) is 0 Å². The quantitative estimate of drug-likeness (QED) is 0.641. The van der Waals surface area contributed by atoms with Crippen molar-refractivity contribution in [3.05, 3.63) is 38.3 Å². The predicted octanol–water partition coefficient (Wildman–Crippen LogP) is 1.89. The molecule has 1 amide bonds. The molecule has 0 aliphatic carbocycles. The minimum atomic E-state index is -0.539. The summed E-state index contributed by atoms with van der Waals surface area (Å²) in [4.78, 5) is 22.5. The predicted molar refractivity (Wildman–Crippen MR) is 78.3 cm³/mol. The van der Waals surface area contributed by atoms with Gasteiger partial charge in [-0.25, -0.2) is 0 Å². The number of ether oxygens (including phenoxy) is 2. The molecular formula is C13H15BrN2O5. The molecule has 21 heavy (non-hydrogen) atoms. The fraction of sp³-hybridized carbons (Fsp3) is 0.462. The summed E-state index contributed by atoms with van der Waals surface area (Å²) in [5.74, 6) is -0.395. The van der Waals surface area contributed by atoms with E-state index in [0.29, 0.717) is 19.6 Å². The Bertz CT molecular complexity index is 557. The van der Waals surface area contributed by atoms with Gasteiger partial charge in [0.15, 0.2) is 0 Å². The van der Waals surface area contributed by atoms with Crippen LogP contribution in [0.2, 0.25) is 0 Å².